The van der Waals surface area contributed by atoms with Crippen LogP contribution >= 0.6 is 0 Å². The Labute approximate surface area is 107 Å². The second-order valence-corrected chi connectivity index (χ2v) is 5.54. The number of fused-ring (bicyclic) bond motifs is 1. The monoisotopic (exact) mass is 245 g/mol. The summed E-state index contributed by atoms with van der Waals surface area (Å²) in [5.74, 6) is 0.991. The Balaban J connectivity index is 2.01. The zero-order chi connectivity index (χ0) is 12.8. The lowest BCUT2D eigenvalue weighted by molar-refractivity contribution is 0.383. The quantitative estimate of drug-likeness (QED) is 0.862. The van der Waals surface area contributed by atoms with Crippen molar-refractivity contribution in [3.05, 3.63) is 18.6 Å². The van der Waals surface area contributed by atoms with E-state index in [4.69, 9.17) is 5.73 Å². The molecular weight excluding hydrogens is 226 g/mol. The number of aromatic nitrogens is 3. The van der Waals surface area contributed by atoms with E-state index in [1.165, 1.54) is 0 Å². The molecule has 2 aromatic heterocycles. The van der Waals surface area contributed by atoms with Gasteiger partial charge in [-0.25, -0.2) is 9.97 Å². The van der Waals surface area contributed by atoms with Crippen molar-refractivity contribution < 1.29 is 0 Å². The van der Waals surface area contributed by atoms with Crippen molar-refractivity contribution in [3.63, 3.8) is 0 Å². The molecule has 1 atom stereocenters. The van der Waals surface area contributed by atoms with Crippen LogP contribution in [0.2, 0.25) is 0 Å². The summed E-state index contributed by atoms with van der Waals surface area (Å²) in [6.07, 6.45) is 4.82. The SMILES string of the molecule is Cn1cnc2c(N3CCC(C)(CN)C3)nccc21. The van der Waals surface area contributed by atoms with Gasteiger partial charge in [0.2, 0.25) is 0 Å². The minimum absolute atomic E-state index is 0.207. The molecule has 1 aliphatic rings. The molecule has 0 bridgehead atoms. The zero-order valence-electron chi connectivity index (χ0n) is 10.9. The third-order valence-electron chi connectivity index (χ3n) is 3.97. The van der Waals surface area contributed by atoms with Crippen molar-refractivity contribution in [2.45, 2.75) is 13.3 Å². The predicted molar refractivity (Wildman–Crippen MR) is 72.5 cm³/mol. The van der Waals surface area contributed by atoms with E-state index in [0.29, 0.717) is 0 Å². The molecule has 0 amide bonds. The van der Waals surface area contributed by atoms with Gasteiger partial charge >= 0.3 is 0 Å². The fourth-order valence-electron chi connectivity index (χ4n) is 2.65. The van der Waals surface area contributed by atoms with Crippen molar-refractivity contribution in [1.82, 2.24) is 14.5 Å². The molecular formula is C13H19N5. The Hall–Kier alpha value is -1.62. The second-order valence-electron chi connectivity index (χ2n) is 5.54. The van der Waals surface area contributed by atoms with Crippen molar-refractivity contribution in [2.75, 3.05) is 24.5 Å². The van der Waals surface area contributed by atoms with E-state index in [1.807, 2.05) is 30.2 Å². The Bertz CT molecular complexity index is 576. The van der Waals surface area contributed by atoms with Crippen molar-refractivity contribution in [1.29, 1.82) is 0 Å². The summed E-state index contributed by atoms with van der Waals surface area (Å²) in [4.78, 5) is 11.3. The third-order valence-corrected chi connectivity index (χ3v) is 3.97. The van der Waals surface area contributed by atoms with Gasteiger partial charge in [0.05, 0.1) is 11.8 Å². The first kappa shape index (κ1) is 11.5. The molecule has 0 saturated carbocycles. The number of aryl methyl sites for hydroxylation is 1. The van der Waals surface area contributed by atoms with E-state index in [1.54, 1.807) is 0 Å². The highest BCUT2D eigenvalue weighted by atomic mass is 15.2. The van der Waals surface area contributed by atoms with Crippen molar-refractivity contribution >= 4 is 16.9 Å². The zero-order valence-corrected chi connectivity index (χ0v) is 10.9. The van der Waals surface area contributed by atoms with Gasteiger partial charge in [0.15, 0.2) is 5.82 Å². The molecule has 3 rings (SSSR count). The number of nitrogens with zero attached hydrogens (tertiary/aromatic N) is 4. The molecule has 0 aromatic carbocycles. The van der Waals surface area contributed by atoms with Crippen LogP contribution in [0, 0.1) is 5.41 Å². The number of nitrogens with two attached hydrogens (primary N) is 1. The fourth-order valence-corrected chi connectivity index (χ4v) is 2.65. The molecule has 2 aromatic rings. The smallest absolute Gasteiger partial charge is 0.156 e. The van der Waals surface area contributed by atoms with E-state index < -0.39 is 0 Å². The van der Waals surface area contributed by atoms with Crippen molar-refractivity contribution in [3.8, 4) is 0 Å². The van der Waals surface area contributed by atoms with E-state index in [9.17, 15) is 0 Å². The molecule has 0 spiro atoms. The summed E-state index contributed by atoms with van der Waals surface area (Å²) in [5, 5.41) is 0. The van der Waals surface area contributed by atoms with Gasteiger partial charge in [0.25, 0.3) is 0 Å². The van der Waals surface area contributed by atoms with E-state index in [0.717, 1.165) is 42.9 Å². The topological polar surface area (TPSA) is 60.0 Å². The average Bonchev–Trinajstić information content (AvgIpc) is 2.95. The van der Waals surface area contributed by atoms with Crippen LogP contribution < -0.4 is 10.6 Å². The Morgan fingerprint density at radius 2 is 2.28 bits per heavy atom. The summed E-state index contributed by atoms with van der Waals surface area (Å²) >= 11 is 0. The minimum Gasteiger partial charge on any atom is -0.354 e. The highest BCUT2D eigenvalue weighted by Crippen LogP contribution is 2.33. The van der Waals surface area contributed by atoms with E-state index in [-0.39, 0.29) is 5.41 Å². The molecule has 5 heteroatoms. The lowest BCUT2D eigenvalue weighted by Gasteiger charge is -2.23. The Morgan fingerprint density at radius 3 is 3.00 bits per heavy atom. The van der Waals surface area contributed by atoms with Gasteiger partial charge in [-0.1, -0.05) is 6.92 Å². The molecule has 0 aliphatic carbocycles. The molecule has 5 nitrogen and oxygen atoms in total. The van der Waals surface area contributed by atoms with Crippen LogP contribution in [-0.4, -0.2) is 34.2 Å². The molecule has 1 aliphatic heterocycles. The van der Waals surface area contributed by atoms with Gasteiger partial charge in [-0.3, -0.25) is 0 Å². The molecule has 1 fully saturated rings. The van der Waals surface area contributed by atoms with Crippen LogP contribution in [0.15, 0.2) is 18.6 Å². The number of rotatable bonds is 2. The number of anilines is 1. The molecule has 2 N–H and O–H groups in total. The molecule has 1 unspecified atom stereocenters. The fraction of sp³-hybridized carbons (Fsp3) is 0.538. The normalized spacial score (nSPS) is 24.1. The summed E-state index contributed by atoms with van der Waals surface area (Å²) in [7, 11) is 2.01. The van der Waals surface area contributed by atoms with E-state index >= 15 is 0 Å². The first-order chi connectivity index (χ1) is 8.63. The van der Waals surface area contributed by atoms with Crippen LogP contribution in [0.3, 0.4) is 0 Å². The Kier molecular flexibility index (Phi) is 2.52. The maximum absolute atomic E-state index is 5.86. The highest BCUT2D eigenvalue weighted by molar-refractivity contribution is 5.86. The second kappa shape index (κ2) is 3.95. The maximum atomic E-state index is 5.86. The lowest BCUT2D eigenvalue weighted by atomic mass is 9.90. The third kappa shape index (κ3) is 1.66. The van der Waals surface area contributed by atoms with Gasteiger partial charge in [-0.05, 0) is 24.4 Å². The van der Waals surface area contributed by atoms with Gasteiger partial charge in [0, 0.05) is 26.3 Å². The molecule has 1 saturated heterocycles. The highest BCUT2D eigenvalue weighted by Gasteiger charge is 2.34. The van der Waals surface area contributed by atoms with Gasteiger partial charge in [0.1, 0.15) is 5.52 Å². The van der Waals surface area contributed by atoms with Gasteiger partial charge < -0.3 is 15.2 Å². The van der Waals surface area contributed by atoms with Crippen molar-refractivity contribution in [2.24, 2.45) is 18.2 Å². The standard InChI is InChI=1S/C13H19N5/c1-13(7-14)4-6-18(8-13)12-11-10(3-5-15-12)17(2)9-16-11/h3,5,9H,4,6-8,14H2,1-2H3. The van der Waals surface area contributed by atoms with Gasteiger partial charge in [-0.15, -0.1) is 0 Å². The number of hydrogen-bond donors (Lipinski definition) is 1. The maximum Gasteiger partial charge on any atom is 0.156 e. The first-order valence-electron chi connectivity index (χ1n) is 6.34. The van der Waals surface area contributed by atoms with Gasteiger partial charge in [-0.2, -0.15) is 0 Å². The molecule has 3 heterocycles. The Morgan fingerprint density at radius 1 is 1.44 bits per heavy atom. The number of pyridine rings is 1. The minimum atomic E-state index is 0.207. The van der Waals surface area contributed by atoms with Crippen LogP contribution in [0.1, 0.15) is 13.3 Å². The summed E-state index contributed by atoms with van der Waals surface area (Å²) in [5.41, 5.74) is 8.18. The predicted octanol–water partition coefficient (Wildman–Crippen LogP) is 1.14. The summed E-state index contributed by atoms with van der Waals surface area (Å²) in [6.45, 7) is 4.94. The molecule has 18 heavy (non-hydrogen) atoms. The lowest BCUT2D eigenvalue weighted by Crippen LogP contribution is -2.31. The van der Waals surface area contributed by atoms with Crippen LogP contribution in [0.5, 0.6) is 0 Å². The number of imidazole rings is 1. The largest absolute Gasteiger partial charge is 0.354 e. The van der Waals surface area contributed by atoms with Crippen LogP contribution in [0.4, 0.5) is 5.82 Å². The van der Waals surface area contributed by atoms with Crippen LogP contribution in [-0.2, 0) is 7.05 Å². The summed E-state index contributed by atoms with van der Waals surface area (Å²) in [6, 6.07) is 2.00. The first-order valence-corrected chi connectivity index (χ1v) is 6.34. The average molecular weight is 245 g/mol. The van der Waals surface area contributed by atoms with Crippen LogP contribution in [0.25, 0.3) is 11.0 Å². The number of hydrogen-bond acceptors (Lipinski definition) is 4. The summed E-state index contributed by atoms with van der Waals surface area (Å²) < 4.78 is 2.03. The van der Waals surface area contributed by atoms with E-state index in [2.05, 4.69) is 21.8 Å². The molecule has 0 radical (unpaired) electrons. The molecule has 96 valence electrons.